The maximum absolute atomic E-state index is 11.5. The zero-order chi connectivity index (χ0) is 21.9. The van der Waals surface area contributed by atoms with Crippen LogP contribution in [0.15, 0.2) is 30.9 Å². The van der Waals surface area contributed by atoms with Gasteiger partial charge >= 0.3 is 0 Å². The number of benzene rings is 1. The van der Waals surface area contributed by atoms with Crippen LogP contribution in [-0.4, -0.2) is 19.0 Å². The molecular formula is C27H42O2Si. The summed E-state index contributed by atoms with van der Waals surface area (Å²) in [6.07, 6.45) is 9.52. The Labute approximate surface area is 185 Å². The lowest BCUT2D eigenvalue weighted by Gasteiger charge is -2.53. The van der Waals surface area contributed by atoms with Gasteiger partial charge in [-0.1, -0.05) is 39.8 Å². The van der Waals surface area contributed by atoms with Crippen LogP contribution in [0, 0.1) is 17.3 Å². The minimum atomic E-state index is -1.81. The molecule has 0 radical (unpaired) electrons. The quantitative estimate of drug-likeness (QED) is 0.406. The first-order valence-electron chi connectivity index (χ1n) is 12.1. The van der Waals surface area contributed by atoms with Gasteiger partial charge in [0.15, 0.2) is 0 Å². The Morgan fingerprint density at radius 1 is 1.20 bits per heavy atom. The lowest BCUT2D eigenvalue weighted by Crippen LogP contribution is -2.50. The Morgan fingerprint density at radius 2 is 1.93 bits per heavy atom. The van der Waals surface area contributed by atoms with Crippen molar-refractivity contribution in [3.63, 3.8) is 0 Å². The number of aryl methyl sites for hydroxylation is 1. The maximum atomic E-state index is 11.5. The van der Waals surface area contributed by atoms with Gasteiger partial charge < -0.3 is 9.53 Å². The van der Waals surface area contributed by atoms with E-state index in [9.17, 15) is 5.11 Å². The van der Waals surface area contributed by atoms with Crippen LogP contribution in [-0.2, 0) is 6.42 Å². The van der Waals surface area contributed by atoms with E-state index >= 15 is 0 Å². The molecule has 0 aromatic heterocycles. The molecule has 0 unspecified atom stereocenters. The Balaban J connectivity index is 1.58. The summed E-state index contributed by atoms with van der Waals surface area (Å²) >= 11 is 0. The Bertz CT molecular complexity index is 823. The van der Waals surface area contributed by atoms with Crippen molar-refractivity contribution in [2.45, 2.75) is 102 Å². The predicted octanol–water partition coefficient (Wildman–Crippen LogP) is 7.23. The molecule has 2 nitrogen and oxygen atoms in total. The van der Waals surface area contributed by atoms with Crippen molar-refractivity contribution in [2.75, 3.05) is 0 Å². The van der Waals surface area contributed by atoms with Crippen molar-refractivity contribution < 1.29 is 9.53 Å². The standard InChI is InChI=1S/C27H42O2Si/c1-8-15-27(28)17-14-24-23-11-9-19-18-20(29-30(6,7)25(2,3)4)10-12-21(19)22(23)13-16-26(24,27)5/h8,10,12,18,22-24,28H,1,9,11,13-17H2,2-7H3/t22-,23-,24+,26+,27+/m1/s1. The minimum Gasteiger partial charge on any atom is -0.543 e. The SMILES string of the molecule is C=CC[C@]1(O)CC[C@H]2[C@@H]3CCc4cc(O[Si](C)(C)C(C)(C)C)ccc4[C@H]3CC[C@@]21C. The average Bonchev–Trinajstić information content (AvgIpc) is 2.91. The van der Waals surface area contributed by atoms with Gasteiger partial charge in [-0.3, -0.25) is 0 Å². The molecule has 0 amide bonds. The Hall–Kier alpha value is -1.06. The average molecular weight is 427 g/mol. The van der Waals surface area contributed by atoms with Crippen LogP contribution >= 0.6 is 0 Å². The molecule has 166 valence electrons. The van der Waals surface area contributed by atoms with E-state index in [4.69, 9.17) is 4.43 Å². The number of fused-ring (bicyclic) bond motifs is 5. The molecule has 0 aliphatic heterocycles. The maximum Gasteiger partial charge on any atom is 0.250 e. The molecule has 30 heavy (non-hydrogen) atoms. The third kappa shape index (κ3) is 3.31. The van der Waals surface area contributed by atoms with Gasteiger partial charge in [0.1, 0.15) is 5.75 Å². The highest BCUT2D eigenvalue weighted by Gasteiger charge is 2.60. The summed E-state index contributed by atoms with van der Waals surface area (Å²) in [6.45, 7) is 17.9. The molecule has 0 bridgehead atoms. The molecule has 1 aromatic carbocycles. The Kier molecular flexibility index (Phi) is 5.34. The van der Waals surface area contributed by atoms with Crippen LogP contribution in [0.4, 0.5) is 0 Å². The molecule has 1 N–H and O–H groups in total. The van der Waals surface area contributed by atoms with Gasteiger partial charge in [-0.15, -0.1) is 6.58 Å². The van der Waals surface area contributed by atoms with E-state index in [1.807, 2.05) is 6.08 Å². The first-order valence-corrected chi connectivity index (χ1v) is 15.0. The van der Waals surface area contributed by atoms with Crippen molar-refractivity contribution in [2.24, 2.45) is 17.3 Å². The molecule has 3 aliphatic rings. The summed E-state index contributed by atoms with van der Waals surface area (Å²) in [6, 6.07) is 6.96. The van der Waals surface area contributed by atoms with Crippen molar-refractivity contribution in [1.82, 2.24) is 0 Å². The smallest absolute Gasteiger partial charge is 0.250 e. The number of hydrogen-bond donors (Lipinski definition) is 1. The first kappa shape index (κ1) is 22.1. The highest BCUT2D eigenvalue weighted by molar-refractivity contribution is 6.74. The minimum absolute atomic E-state index is 0.0469. The second-order valence-corrected chi connectivity index (χ2v) is 16.9. The third-order valence-corrected chi connectivity index (χ3v) is 14.0. The summed E-state index contributed by atoms with van der Waals surface area (Å²) in [5, 5.41) is 11.7. The molecule has 4 rings (SSSR count). The van der Waals surface area contributed by atoms with Gasteiger partial charge in [-0.25, -0.2) is 0 Å². The van der Waals surface area contributed by atoms with Gasteiger partial charge in [0.05, 0.1) is 5.60 Å². The second kappa shape index (κ2) is 7.23. The lowest BCUT2D eigenvalue weighted by atomic mass is 9.53. The molecule has 3 aliphatic carbocycles. The van der Waals surface area contributed by atoms with E-state index in [2.05, 4.69) is 65.6 Å². The molecule has 0 saturated heterocycles. The largest absolute Gasteiger partial charge is 0.543 e. The normalized spacial score (nSPS) is 35.9. The Morgan fingerprint density at radius 3 is 2.60 bits per heavy atom. The third-order valence-electron chi connectivity index (χ3n) is 9.68. The predicted molar refractivity (Wildman–Crippen MR) is 129 cm³/mol. The van der Waals surface area contributed by atoms with Crippen LogP contribution in [0.3, 0.4) is 0 Å². The summed E-state index contributed by atoms with van der Waals surface area (Å²) in [5.74, 6) is 3.07. The monoisotopic (exact) mass is 426 g/mol. The van der Waals surface area contributed by atoms with Crippen LogP contribution in [0.5, 0.6) is 5.75 Å². The number of rotatable bonds is 4. The fourth-order valence-electron chi connectivity index (χ4n) is 6.75. The number of hydrogen-bond acceptors (Lipinski definition) is 2. The molecule has 2 saturated carbocycles. The first-order chi connectivity index (χ1) is 13.9. The fourth-order valence-corrected chi connectivity index (χ4v) is 7.78. The van der Waals surface area contributed by atoms with Gasteiger partial charge in [-0.05, 0) is 110 Å². The van der Waals surface area contributed by atoms with Crippen molar-refractivity contribution in [3.8, 4) is 5.75 Å². The zero-order valence-corrected chi connectivity index (χ0v) is 21.1. The van der Waals surface area contributed by atoms with Crippen molar-refractivity contribution in [1.29, 1.82) is 0 Å². The van der Waals surface area contributed by atoms with Gasteiger partial charge in [0, 0.05) is 0 Å². The molecule has 1 aromatic rings. The second-order valence-electron chi connectivity index (χ2n) is 12.2. The van der Waals surface area contributed by atoms with E-state index < -0.39 is 13.9 Å². The summed E-state index contributed by atoms with van der Waals surface area (Å²) in [4.78, 5) is 0. The molecule has 0 heterocycles. The van der Waals surface area contributed by atoms with Crippen molar-refractivity contribution in [3.05, 3.63) is 42.0 Å². The highest BCUT2D eigenvalue weighted by atomic mass is 28.4. The molecule has 0 spiro atoms. The summed E-state index contributed by atoms with van der Waals surface area (Å²) in [7, 11) is -1.81. The van der Waals surface area contributed by atoms with Gasteiger partial charge in [0.25, 0.3) is 0 Å². The van der Waals surface area contributed by atoms with E-state index in [1.165, 1.54) is 24.8 Å². The molecular weight excluding hydrogens is 384 g/mol. The highest BCUT2D eigenvalue weighted by Crippen LogP contribution is 2.65. The molecule has 5 atom stereocenters. The zero-order valence-electron chi connectivity index (χ0n) is 20.1. The van der Waals surface area contributed by atoms with E-state index in [1.54, 1.807) is 5.56 Å². The van der Waals surface area contributed by atoms with Crippen molar-refractivity contribution >= 4 is 8.32 Å². The van der Waals surface area contributed by atoms with E-state index in [0.717, 1.165) is 31.4 Å². The number of aliphatic hydroxyl groups is 1. The summed E-state index contributed by atoms with van der Waals surface area (Å²) < 4.78 is 6.60. The van der Waals surface area contributed by atoms with E-state index in [-0.39, 0.29) is 10.5 Å². The molecule has 3 heteroatoms. The van der Waals surface area contributed by atoms with Gasteiger partial charge in [-0.2, -0.15) is 0 Å². The van der Waals surface area contributed by atoms with Crippen LogP contribution in [0.1, 0.15) is 83.3 Å². The van der Waals surface area contributed by atoms with Crippen LogP contribution in [0.2, 0.25) is 18.1 Å². The lowest BCUT2D eigenvalue weighted by molar-refractivity contribution is -0.100. The molecule has 2 fully saturated rings. The topological polar surface area (TPSA) is 29.5 Å². The summed E-state index contributed by atoms with van der Waals surface area (Å²) in [5.41, 5.74) is 2.57. The van der Waals surface area contributed by atoms with Gasteiger partial charge in [0.2, 0.25) is 8.32 Å². The van der Waals surface area contributed by atoms with Crippen LogP contribution in [0.25, 0.3) is 0 Å². The van der Waals surface area contributed by atoms with Crippen LogP contribution < -0.4 is 4.43 Å². The van der Waals surface area contributed by atoms with E-state index in [0.29, 0.717) is 17.8 Å². The fraction of sp³-hybridized carbons (Fsp3) is 0.704.